The van der Waals surface area contributed by atoms with Gasteiger partial charge in [-0.3, -0.25) is 9.78 Å². The number of hydrogen-bond acceptors (Lipinski definition) is 3. The first-order chi connectivity index (χ1) is 7.77. The van der Waals surface area contributed by atoms with Crippen molar-refractivity contribution >= 4 is 17.2 Å². The molecule has 0 saturated carbocycles. The normalized spacial score (nSPS) is 12.1. The average molecular weight is 232 g/mol. The molecule has 4 heteroatoms. The summed E-state index contributed by atoms with van der Waals surface area (Å²) in [6.45, 7) is 1.97. The van der Waals surface area contributed by atoms with E-state index in [9.17, 15) is 4.79 Å². The zero-order chi connectivity index (χ0) is 11.4. The van der Waals surface area contributed by atoms with Crippen molar-refractivity contribution in [1.82, 2.24) is 10.3 Å². The van der Waals surface area contributed by atoms with Gasteiger partial charge < -0.3 is 5.32 Å². The van der Waals surface area contributed by atoms with Gasteiger partial charge in [0.2, 0.25) is 0 Å². The molecule has 2 aromatic rings. The van der Waals surface area contributed by atoms with Gasteiger partial charge in [-0.2, -0.15) is 0 Å². The second-order valence-electron chi connectivity index (χ2n) is 3.45. The number of thiophene rings is 1. The Morgan fingerprint density at radius 3 is 2.94 bits per heavy atom. The first-order valence-corrected chi connectivity index (χ1v) is 5.89. The predicted octanol–water partition coefficient (Wildman–Crippen LogP) is 2.63. The molecule has 2 aromatic heterocycles. The van der Waals surface area contributed by atoms with Gasteiger partial charge in [0.05, 0.1) is 11.6 Å². The molecule has 2 rings (SSSR count). The standard InChI is InChI=1S/C12H12N2OS/c1-9(11-5-3-7-16-11)14-12(15)10-4-2-6-13-8-10/h2-9H,1H3,(H,14,15). The van der Waals surface area contributed by atoms with E-state index in [0.29, 0.717) is 5.56 Å². The van der Waals surface area contributed by atoms with E-state index >= 15 is 0 Å². The van der Waals surface area contributed by atoms with E-state index in [-0.39, 0.29) is 11.9 Å². The molecule has 2 heterocycles. The first-order valence-electron chi connectivity index (χ1n) is 5.01. The molecule has 1 amide bonds. The fourth-order valence-corrected chi connectivity index (χ4v) is 2.12. The third kappa shape index (κ3) is 2.46. The van der Waals surface area contributed by atoms with Gasteiger partial charge in [-0.15, -0.1) is 11.3 Å². The summed E-state index contributed by atoms with van der Waals surface area (Å²) in [6, 6.07) is 7.53. The maximum atomic E-state index is 11.8. The minimum Gasteiger partial charge on any atom is -0.345 e. The van der Waals surface area contributed by atoms with Crippen LogP contribution in [0.3, 0.4) is 0 Å². The smallest absolute Gasteiger partial charge is 0.253 e. The minimum absolute atomic E-state index is 0.0349. The Kier molecular flexibility index (Phi) is 3.31. The summed E-state index contributed by atoms with van der Waals surface area (Å²) in [4.78, 5) is 16.9. The molecule has 0 saturated heterocycles. The van der Waals surface area contributed by atoms with E-state index in [1.165, 1.54) is 0 Å². The van der Waals surface area contributed by atoms with E-state index in [1.807, 2.05) is 24.4 Å². The number of aromatic nitrogens is 1. The highest BCUT2D eigenvalue weighted by Gasteiger charge is 2.11. The van der Waals surface area contributed by atoms with Gasteiger partial charge in [0, 0.05) is 17.3 Å². The van der Waals surface area contributed by atoms with Crippen molar-refractivity contribution in [3.05, 3.63) is 52.5 Å². The lowest BCUT2D eigenvalue weighted by molar-refractivity contribution is 0.0940. The summed E-state index contributed by atoms with van der Waals surface area (Å²) in [5, 5.41) is 4.93. The van der Waals surface area contributed by atoms with Gasteiger partial charge in [-0.05, 0) is 30.5 Å². The SMILES string of the molecule is CC(NC(=O)c1cccnc1)c1cccs1. The van der Waals surface area contributed by atoms with Crippen molar-refractivity contribution in [2.24, 2.45) is 0 Å². The number of hydrogen-bond donors (Lipinski definition) is 1. The van der Waals surface area contributed by atoms with Gasteiger partial charge in [0.1, 0.15) is 0 Å². The molecule has 16 heavy (non-hydrogen) atoms. The van der Waals surface area contributed by atoms with Gasteiger partial charge in [-0.1, -0.05) is 6.07 Å². The number of nitrogens with one attached hydrogen (secondary N) is 1. The Balaban J connectivity index is 2.03. The highest BCUT2D eigenvalue weighted by atomic mass is 32.1. The molecule has 0 aliphatic carbocycles. The van der Waals surface area contributed by atoms with Crippen molar-refractivity contribution in [2.45, 2.75) is 13.0 Å². The molecule has 1 atom stereocenters. The van der Waals surface area contributed by atoms with Crippen molar-refractivity contribution in [1.29, 1.82) is 0 Å². The number of carbonyl (C=O) groups is 1. The van der Waals surface area contributed by atoms with Crippen molar-refractivity contribution < 1.29 is 4.79 Å². The number of pyridine rings is 1. The fourth-order valence-electron chi connectivity index (χ4n) is 1.39. The van der Waals surface area contributed by atoms with Crippen LogP contribution in [0.2, 0.25) is 0 Å². The van der Waals surface area contributed by atoms with Crippen LogP contribution in [0.4, 0.5) is 0 Å². The molecule has 0 aliphatic rings. The highest BCUT2D eigenvalue weighted by Crippen LogP contribution is 2.18. The topological polar surface area (TPSA) is 42.0 Å². The fraction of sp³-hybridized carbons (Fsp3) is 0.167. The largest absolute Gasteiger partial charge is 0.345 e. The molecule has 0 spiro atoms. The molecule has 1 unspecified atom stereocenters. The maximum absolute atomic E-state index is 11.8. The van der Waals surface area contributed by atoms with Gasteiger partial charge >= 0.3 is 0 Å². The van der Waals surface area contributed by atoms with E-state index in [4.69, 9.17) is 0 Å². The first kappa shape index (κ1) is 10.8. The van der Waals surface area contributed by atoms with Crippen LogP contribution < -0.4 is 5.32 Å². The third-order valence-electron chi connectivity index (χ3n) is 2.24. The molecule has 0 bridgehead atoms. The molecule has 3 nitrogen and oxygen atoms in total. The monoisotopic (exact) mass is 232 g/mol. The predicted molar refractivity (Wildman–Crippen MR) is 64.4 cm³/mol. The van der Waals surface area contributed by atoms with Crippen LogP contribution in [-0.2, 0) is 0 Å². The number of nitrogens with zero attached hydrogens (tertiary/aromatic N) is 1. The van der Waals surface area contributed by atoms with Crippen LogP contribution in [0.15, 0.2) is 42.0 Å². The van der Waals surface area contributed by atoms with Gasteiger partial charge in [-0.25, -0.2) is 0 Å². The van der Waals surface area contributed by atoms with Crippen LogP contribution in [-0.4, -0.2) is 10.9 Å². The van der Waals surface area contributed by atoms with E-state index in [1.54, 1.807) is 35.9 Å². The lowest BCUT2D eigenvalue weighted by Crippen LogP contribution is -2.26. The number of carbonyl (C=O) groups excluding carboxylic acids is 1. The zero-order valence-electron chi connectivity index (χ0n) is 8.88. The van der Waals surface area contributed by atoms with E-state index in [0.717, 1.165) is 4.88 Å². The van der Waals surface area contributed by atoms with Crippen molar-refractivity contribution in [3.8, 4) is 0 Å². The van der Waals surface area contributed by atoms with Gasteiger partial charge in [0.15, 0.2) is 0 Å². The lowest BCUT2D eigenvalue weighted by Gasteiger charge is -2.11. The Hall–Kier alpha value is -1.68. The Bertz CT molecular complexity index is 453. The quantitative estimate of drug-likeness (QED) is 0.884. The summed E-state index contributed by atoms with van der Waals surface area (Å²) in [5.74, 6) is -0.0889. The van der Waals surface area contributed by atoms with Crippen LogP contribution in [0.25, 0.3) is 0 Å². The summed E-state index contributed by atoms with van der Waals surface area (Å²) in [7, 11) is 0. The molecule has 1 N–H and O–H groups in total. The number of rotatable bonds is 3. The van der Waals surface area contributed by atoms with Crippen LogP contribution >= 0.6 is 11.3 Å². The van der Waals surface area contributed by atoms with E-state index < -0.39 is 0 Å². The van der Waals surface area contributed by atoms with Crippen LogP contribution in [0, 0.1) is 0 Å². The molecular formula is C12H12N2OS. The van der Waals surface area contributed by atoms with Crippen molar-refractivity contribution in [2.75, 3.05) is 0 Å². The lowest BCUT2D eigenvalue weighted by atomic mass is 10.2. The molecule has 0 radical (unpaired) electrons. The maximum Gasteiger partial charge on any atom is 0.253 e. The van der Waals surface area contributed by atoms with Crippen molar-refractivity contribution in [3.63, 3.8) is 0 Å². The molecule has 0 fully saturated rings. The summed E-state index contributed by atoms with van der Waals surface area (Å²) < 4.78 is 0. The Morgan fingerprint density at radius 1 is 1.44 bits per heavy atom. The summed E-state index contributed by atoms with van der Waals surface area (Å²) in [6.07, 6.45) is 3.22. The molecule has 82 valence electrons. The summed E-state index contributed by atoms with van der Waals surface area (Å²) in [5.41, 5.74) is 0.589. The average Bonchev–Trinajstić information content (AvgIpc) is 2.83. The minimum atomic E-state index is -0.0889. The van der Waals surface area contributed by atoms with Crippen LogP contribution in [0.1, 0.15) is 28.2 Å². The summed E-state index contributed by atoms with van der Waals surface area (Å²) >= 11 is 1.64. The molecule has 0 aliphatic heterocycles. The van der Waals surface area contributed by atoms with Gasteiger partial charge in [0.25, 0.3) is 5.91 Å². The van der Waals surface area contributed by atoms with Crippen LogP contribution in [0.5, 0.6) is 0 Å². The third-order valence-corrected chi connectivity index (χ3v) is 3.30. The molecular weight excluding hydrogens is 220 g/mol. The zero-order valence-corrected chi connectivity index (χ0v) is 9.70. The number of amides is 1. The van der Waals surface area contributed by atoms with E-state index in [2.05, 4.69) is 10.3 Å². The Labute approximate surface area is 98.2 Å². The second kappa shape index (κ2) is 4.90. The Morgan fingerprint density at radius 2 is 2.31 bits per heavy atom. The second-order valence-corrected chi connectivity index (χ2v) is 4.43. The highest BCUT2D eigenvalue weighted by molar-refractivity contribution is 7.10. The molecule has 0 aromatic carbocycles.